The van der Waals surface area contributed by atoms with Gasteiger partial charge in [0.15, 0.2) is 0 Å². The van der Waals surface area contributed by atoms with Gasteiger partial charge in [0.25, 0.3) is 0 Å². The smallest absolute Gasteiger partial charge is 0.326 e. The van der Waals surface area contributed by atoms with Gasteiger partial charge in [0.1, 0.15) is 6.04 Å². The van der Waals surface area contributed by atoms with Gasteiger partial charge in [-0.2, -0.15) is 0 Å². The molecule has 7 nitrogen and oxygen atoms in total. The van der Waals surface area contributed by atoms with Crippen molar-refractivity contribution in [1.82, 2.24) is 10.2 Å². The highest BCUT2D eigenvalue weighted by Gasteiger charge is 2.26. The molecule has 1 atom stereocenters. The van der Waals surface area contributed by atoms with E-state index in [9.17, 15) is 14.4 Å². The summed E-state index contributed by atoms with van der Waals surface area (Å²) in [6, 6.07) is -1.76. The Hall–Kier alpha value is -1.79. The van der Waals surface area contributed by atoms with E-state index in [1.54, 1.807) is 7.05 Å². The summed E-state index contributed by atoms with van der Waals surface area (Å²) in [5.41, 5.74) is 4.93. The number of nitrogens with zero attached hydrogens (tertiary/aromatic N) is 1. The summed E-state index contributed by atoms with van der Waals surface area (Å²) in [6.45, 7) is 0.606. The number of rotatable bonds is 6. The van der Waals surface area contributed by atoms with Gasteiger partial charge >= 0.3 is 12.0 Å². The Morgan fingerprint density at radius 3 is 2.44 bits per heavy atom. The Morgan fingerprint density at radius 1 is 1.44 bits per heavy atom. The highest BCUT2D eigenvalue weighted by Crippen LogP contribution is 2.26. The van der Waals surface area contributed by atoms with Crippen molar-refractivity contribution in [3.05, 3.63) is 0 Å². The zero-order valence-corrected chi connectivity index (χ0v) is 10.4. The van der Waals surface area contributed by atoms with Gasteiger partial charge < -0.3 is 21.1 Å². The minimum atomic E-state index is -1.26. The molecule has 0 aromatic heterocycles. The summed E-state index contributed by atoms with van der Waals surface area (Å²) < 4.78 is 0. The fourth-order valence-corrected chi connectivity index (χ4v) is 1.81. The Kier molecular flexibility index (Phi) is 4.94. The Bertz CT molecular complexity index is 341. The van der Waals surface area contributed by atoms with E-state index in [1.165, 1.54) is 11.3 Å². The first-order chi connectivity index (χ1) is 8.40. The van der Waals surface area contributed by atoms with Gasteiger partial charge in [-0.05, 0) is 18.8 Å². The third-order valence-corrected chi connectivity index (χ3v) is 3.10. The molecule has 4 N–H and O–H groups in total. The first kappa shape index (κ1) is 14.3. The largest absolute Gasteiger partial charge is 0.480 e. The molecule has 0 spiro atoms. The molecule has 1 aliphatic carbocycles. The number of carbonyl (C=O) groups is 3. The van der Waals surface area contributed by atoms with E-state index >= 15 is 0 Å². The molecule has 102 valence electrons. The quantitative estimate of drug-likeness (QED) is 0.609. The molecule has 0 aliphatic heterocycles. The summed E-state index contributed by atoms with van der Waals surface area (Å²) in [5, 5.41) is 11.1. The average Bonchev–Trinajstić information content (AvgIpc) is 2.21. The summed E-state index contributed by atoms with van der Waals surface area (Å²) in [4.78, 5) is 34.7. The van der Waals surface area contributed by atoms with Crippen LogP contribution in [0, 0.1) is 5.92 Å². The van der Waals surface area contributed by atoms with Crippen molar-refractivity contribution in [2.45, 2.75) is 31.7 Å². The number of urea groups is 1. The first-order valence-electron chi connectivity index (χ1n) is 5.93. The van der Waals surface area contributed by atoms with Crippen LogP contribution in [0.25, 0.3) is 0 Å². The van der Waals surface area contributed by atoms with E-state index in [2.05, 4.69) is 5.32 Å². The van der Waals surface area contributed by atoms with E-state index in [1.807, 2.05) is 0 Å². The van der Waals surface area contributed by atoms with Crippen LogP contribution in [0.1, 0.15) is 25.7 Å². The number of hydrogen-bond acceptors (Lipinski definition) is 3. The molecule has 0 radical (unpaired) electrons. The van der Waals surface area contributed by atoms with Gasteiger partial charge in [0.05, 0.1) is 6.42 Å². The number of aliphatic carboxylic acids is 1. The fourth-order valence-electron chi connectivity index (χ4n) is 1.81. The van der Waals surface area contributed by atoms with Crippen LogP contribution in [-0.4, -0.2) is 47.5 Å². The molecule has 0 heterocycles. The normalized spacial score (nSPS) is 16.5. The molecule has 7 heteroatoms. The number of carboxylic acids is 1. The lowest BCUT2D eigenvalue weighted by Crippen LogP contribution is -2.49. The molecule has 0 aromatic carbocycles. The van der Waals surface area contributed by atoms with Gasteiger partial charge in [-0.15, -0.1) is 0 Å². The van der Waals surface area contributed by atoms with Gasteiger partial charge in [-0.3, -0.25) is 4.79 Å². The van der Waals surface area contributed by atoms with Crippen LogP contribution in [0.5, 0.6) is 0 Å². The van der Waals surface area contributed by atoms with E-state index in [0.717, 1.165) is 12.8 Å². The predicted molar refractivity (Wildman–Crippen MR) is 63.7 cm³/mol. The summed E-state index contributed by atoms with van der Waals surface area (Å²) in [5.74, 6) is -1.52. The maximum atomic E-state index is 11.7. The molecular formula is C11H19N3O4. The second kappa shape index (κ2) is 6.23. The van der Waals surface area contributed by atoms with Crippen molar-refractivity contribution in [3.63, 3.8) is 0 Å². The second-order valence-electron chi connectivity index (χ2n) is 4.69. The zero-order chi connectivity index (χ0) is 13.7. The Balaban J connectivity index is 2.43. The summed E-state index contributed by atoms with van der Waals surface area (Å²) in [6.07, 6.45) is 2.97. The number of hydrogen-bond donors (Lipinski definition) is 3. The highest BCUT2D eigenvalue weighted by molar-refractivity contribution is 5.87. The number of carboxylic acid groups (broad SMARTS) is 1. The Labute approximate surface area is 105 Å². The third-order valence-electron chi connectivity index (χ3n) is 3.10. The van der Waals surface area contributed by atoms with E-state index < -0.39 is 30.4 Å². The molecule has 0 aromatic rings. The van der Waals surface area contributed by atoms with Crippen molar-refractivity contribution in [2.24, 2.45) is 11.7 Å². The van der Waals surface area contributed by atoms with Crippen molar-refractivity contribution in [1.29, 1.82) is 0 Å². The van der Waals surface area contributed by atoms with Crippen LogP contribution in [0.2, 0.25) is 0 Å². The minimum absolute atomic E-state index is 0.404. The van der Waals surface area contributed by atoms with E-state index in [4.69, 9.17) is 10.8 Å². The molecule has 1 aliphatic rings. The molecule has 1 rings (SSSR count). The van der Waals surface area contributed by atoms with Gasteiger partial charge in [-0.1, -0.05) is 6.42 Å². The molecule has 0 bridgehead atoms. The monoisotopic (exact) mass is 257 g/mol. The highest BCUT2D eigenvalue weighted by atomic mass is 16.4. The van der Waals surface area contributed by atoms with Gasteiger partial charge in [0, 0.05) is 13.6 Å². The molecule has 0 saturated heterocycles. The maximum Gasteiger partial charge on any atom is 0.326 e. The fraction of sp³-hybridized carbons (Fsp3) is 0.727. The molecule has 3 amide bonds. The van der Waals surface area contributed by atoms with Crippen LogP contribution >= 0.6 is 0 Å². The third kappa shape index (κ3) is 4.23. The minimum Gasteiger partial charge on any atom is -0.480 e. The van der Waals surface area contributed by atoms with Gasteiger partial charge in [0.2, 0.25) is 5.91 Å². The molecule has 18 heavy (non-hydrogen) atoms. The maximum absolute atomic E-state index is 11.7. The first-order valence-corrected chi connectivity index (χ1v) is 5.93. The molecule has 1 unspecified atom stereocenters. The standard InChI is InChI=1S/C11H19N3O4/c1-14(6-7-3-2-4-7)11(18)13-8(10(16)17)5-9(12)15/h7-8H,2-6H2,1H3,(H2,12,15)(H,13,18)(H,16,17). The van der Waals surface area contributed by atoms with E-state index in [-0.39, 0.29) is 0 Å². The molecular weight excluding hydrogens is 238 g/mol. The summed E-state index contributed by atoms with van der Waals surface area (Å²) >= 11 is 0. The lowest BCUT2D eigenvalue weighted by Gasteiger charge is -2.30. The predicted octanol–water partition coefficient (Wildman–Crippen LogP) is -0.243. The van der Waals surface area contributed by atoms with Crippen molar-refractivity contribution in [2.75, 3.05) is 13.6 Å². The summed E-state index contributed by atoms with van der Waals surface area (Å²) in [7, 11) is 1.61. The average molecular weight is 257 g/mol. The lowest BCUT2D eigenvalue weighted by molar-refractivity contribution is -0.140. The van der Waals surface area contributed by atoms with Crippen molar-refractivity contribution in [3.8, 4) is 0 Å². The van der Waals surface area contributed by atoms with E-state index in [0.29, 0.717) is 12.5 Å². The number of carbonyl (C=O) groups excluding carboxylic acids is 2. The number of primary amides is 1. The number of amides is 3. The number of nitrogens with two attached hydrogens (primary N) is 1. The van der Waals surface area contributed by atoms with Crippen LogP contribution in [0.4, 0.5) is 4.79 Å². The lowest BCUT2D eigenvalue weighted by atomic mass is 9.85. The van der Waals surface area contributed by atoms with Gasteiger partial charge in [-0.25, -0.2) is 9.59 Å². The number of nitrogens with one attached hydrogen (secondary N) is 1. The van der Waals surface area contributed by atoms with Crippen LogP contribution in [-0.2, 0) is 9.59 Å². The van der Waals surface area contributed by atoms with Crippen LogP contribution < -0.4 is 11.1 Å². The van der Waals surface area contributed by atoms with Crippen molar-refractivity contribution < 1.29 is 19.5 Å². The second-order valence-corrected chi connectivity index (χ2v) is 4.69. The SMILES string of the molecule is CN(CC1CCC1)C(=O)NC(CC(N)=O)C(=O)O. The van der Waals surface area contributed by atoms with Crippen LogP contribution in [0.3, 0.4) is 0 Å². The zero-order valence-electron chi connectivity index (χ0n) is 10.4. The molecule has 1 saturated carbocycles. The topological polar surface area (TPSA) is 113 Å². The van der Waals surface area contributed by atoms with Crippen molar-refractivity contribution >= 4 is 17.9 Å². The molecule has 1 fully saturated rings. The van der Waals surface area contributed by atoms with Crippen LogP contribution in [0.15, 0.2) is 0 Å². The Morgan fingerprint density at radius 2 is 2.06 bits per heavy atom.